The van der Waals surface area contributed by atoms with E-state index in [1.54, 1.807) is 52.8 Å². The fraction of sp³-hybridized carbons (Fsp3) is 0.636. The molecular formula is C44H65ClN6O8. The van der Waals surface area contributed by atoms with Gasteiger partial charge >= 0.3 is 12.2 Å². The van der Waals surface area contributed by atoms with Crippen molar-refractivity contribution in [2.24, 2.45) is 11.8 Å². The molecule has 2 heterocycles. The van der Waals surface area contributed by atoms with Crippen molar-refractivity contribution in [1.82, 2.24) is 30.7 Å². The summed E-state index contributed by atoms with van der Waals surface area (Å²) in [5, 5.41) is 9.24. The highest BCUT2D eigenvalue weighted by atomic mass is 35.5. The minimum atomic E-state index is -1.02. The SMILES string of the molecule is CCOC(=O)N1CC=C(c2ccc(Cl)cc2C[C@H]2C(=O)NCCCC/C=C/C[C@H](N(C)C(=O)[C@@H](NC(=O)OC(C)(C)C)C3CC3)C(=O)N[C@@H](CC(C)C)C(=O)N2C)CC1. The summed E-state index contributed by atoms with van der Waals surface area (Å²) in [4.78, 5) is 86.8. The number of amides is 6. The van der Waals surface area contributed by atoms with Crippen molar-refractivity contribution in [2.45, 2.75) is 129 Å². The lowest BCUT2D eigenvalue weighted by Gasteiger charge is -2.34. The van der Waals surface area contributed by atoms with E-state index in [-0.39, 0.29) is 49.7 Å². The van der Waals surface area contributed by atoms with E-state index in [2.05, 4.69) is 16.0 Å². The average Bonchev–Trinajstić information content (AvgIpc) is 4.02. The number of alkyl carbamates (subject to hydrolysis) is 1. The van der Waals surface area contributed by atoms with Gasteiger partial charge in [-0.25, -0.2) is 9.59 Å². The number of hydrogen-bond acceptors (Lipinski definition) is 8. The summed E-state index contributed by atoms with van der Waals surface area (Å²) in [6.45, 7) is 12.4. The van der Waals surface area contributed by atoms with Gasteiger partial charge in [-0.05, 0) is 120 Å². The molecule has 14 nitrogen and oxygen atoms in total. The molecule has 0 spiro atoms. The van der Waals surface area contributed by atoms with Crippen molar-refractivity contribution < 1.29 is 38.2 Å². The number of likely N-dealkylation sites (N-methyl/N-ethyl adjacent to an activating group) is 2. The maximum Gasteiger partial charge on any atom is 0.410 e. The Morgan fingerprint density at radius 2 is 1.80 bits per heavy atom. The summed E-state index contributed by atoms with van der Waals surface area (Å²) in [5.74, 6) is -1.81. The number of hydrogen-bond donors (Lipinski definition) is 3. The quantitative estimate of drug-likeness (QED) is 0.247. The summed E-state index contributed by atoms with van der Waals surface area (Å²) in [7, 11) is 3.13. The number of benzene rings is 1. The first-order valence-corrected chi connectivity index (χ1v) is 21.4. The maximum atomic E-state index is 14.6. The molecule has 1 aromatic carbocycles. The second kappa shape index (κ2) is 21.6. The fourth-order valence-corrected chi connectivity index (χ4v) is 7.63. The van der Waals surface area contributed by atoms with Crippen molar-refractivity contribution >= 4 is 53.0 Å². The lowest BCUT2D eigenvalue weighted by molar-refractivity contribution is -0.144. The lowest BCUT2D eigenvalue weighted by Crippen LogP contribution is -2.59. The van der Waals surface area contributed by atoms with Gasteiger partial charge in [0.25, 0.3) is 0 Å². The minimum absolute atomic E-state index is 0.0162. The molecule has 1 aromatic rings. The molecule has 4 atom stereocenters. The molecule has 0 aromatic heterocycles. The maximum absolute atomic E-state index is 14.6. The standard InChI is InChI=1S/C44H65ClN6O8/c1-9-58-43(57)51-23-20-29(21-24-51)33-19-18-32(45)26-31(33)27-36-38(52)46-22-14-12-10-11-13-15-35(39(53)47-34(25-28(2)3)40(54)50(36)8)49(7)41(55)37(30-16-17-30)48-42(56)59-44(4,5)6/h11,13,18-20,26,28,30,34-37H,9-10,12,14-17,21-25,27H2,1-8H3,(H,46,52)(H,47,53)(H,48,56)/b13-11+/t34-,35-,36-,37-/m0/s1. The van der Waals surface area contributed by atoms with Crippen molar-refractivity contribution in [3.05, 3.63) is 52.6 Å². The number of carbonyl (C=O) groups excluding carboxylic acids is 6. The van der Waals surface area contributed by atoms with Crippen LogP contribution in [-0.4, -0.2) is 121 Å². The average molecular weight is 841 g/mol. The van der Waals surface area contributed by atoms with Crippen LogP contribution >= 0.6 is 11.6 Å². The van der Waals surface area contributed by atoms with Crippen LogP contribution in [0.5, 0.6) is 0 Å². The number of halogens is 1. The van der Waals surface area contributed by atoms with Crippen LogP contribution in [0.4, 0.5) is 9.59 Å². The molecular weight excluding hydrogens is 776 g/mol. The Morgan fingerprint density at radius 1 is 1.07 bits per heavy atom. The predicted molar refractivity (Wildman–Crippen MR) is 227 cm³/mol. The molecule has 2 aliphatic heterocycles. The van der Waals surface area contributed by atoms with Gasteiger partial charge in [0.2, 0.25) is 23.6 Å². The predicted octanol–water partition coefficient (Wildman–Crippen LogP) is 5.86. The van der Waals surface area contributed by atoms with Gasteiger partial charge in [-0.15, -0.1) is 0 Å². The minimum Gasteiger partial charge on any atom is -0.450 e. The van der Waals surface area contributed by atoms with E-state index in [0.717, 1.165) is 36.0 Å². The highest BCUT2D eigenvalue weighted by Gasteiger charge is 2.42. The first-order chi connectivity index (χ1) is 27.9. The van der Waals surface area contributed by atoms with Gasteiger partial charge in [-0.2, -0.15) is 0 Å². The van der Waals surface area contributed by atoms with Crippen molar-refractivity contribution in [1.29, 1.82) is 0 Å². The third-order valence-corrected chi connectivity index (χ3v) is 11.0. The van der Waals surface area contributed by atoms with E-state index < -0.39 is 53.6 Å². The van der Waals surface area contributed by atoms with Crippen LogP contribution in [0.1, 0.15) is 104 Å². The number of rotatable bonds is 10. The Hall–Kier alpha value is -4.59. The Balaban J connectivity index is 1.64. The largest absolute Gasteiger partial charge is 0.450 e. The third kappa shape index (κ3) is 14.0. The number of carbonyl (C=O) groups is 6. The van der Waals surface area contributed by atoms with Crippen LogP contribution in [-0.2, 0) is 35.1 Å². The van der Waals surface area contributed by atoms with Crippen LogP contribution < -0.4 is 16.0 Å². The number of nitrogens with one attached hydrogen (secondary N) is 3. The number of ether oxygens (including phenoxy) is 2. The van der Waals surface area contributed by atoms with Crippen LogP contribution in [0.2, 0.25) is 5.02 Å². The Morgan fingerprint density at radius 3 is 2.42 bits per heavy atom. The summed E-state index contributed by atoms with van der Waals surface area (Å²) < 4.78 is 10.6. The molecule has 326 valence electrons. The molecule has 0 unspecified atom stereocenters. The second-order valence-corrected chi connectivity index (χ2v) is 17.6. The molecule has 15 heteroatoms. The van der Waals surface area contributed by atoms with Crippen LogP contribution in [0.3, 0.4) is 0 Å². The molecule has 1 fully saturated rings. The van der Waals surface area contributed by atoms with E-state index in [0.29, 0.717) is 43.9 Å². The van der Waals surface area contributed by atoms with Gasteiger partial charge in [0, 0.05) is 45.2 Å². The Labute approximate surface area is 354 Å². The third-order valence-electron chi connectivity index (χ3n) is 10.8. The number of nitrogens with zero attached hydrogens (tertiary/aromatic N) is 3. The highest BCUT2D eigenvalue weighted by Crippen LogP contribution is 2.34. The van der Waals surface area contributed by atoms with Crippen molar-refractivity contribution in [3.63, 3.8) is 0 Å². The van der Waals surface area contributed by atoms with Gasteiger partial charge in [0.15, 0.2) is 0 Å². The normalized spacial score (nSPS) is 22.4. The van der Waals surface area contributed by atoms with Crippen molar-refractivity contribution in [2.75, 3.05) is 40.3 Å². The monoisotopic (exact) mass is 840 g/mol. The van der Waals surface area contributed by atoms with E-state index in [1.807, 2.05) is 44.2 Å². The van der Waals surface area contributed by atoms with E-state index in [4.69, 9.17) is 21.1 Å². The molecule has 3 N–H and O–H groups in total. The first-order valence-electron chi connectivity index (χ1n) is 21.1. The van der Waals surface area contributed by atoms with Crippen LogP contribution in [0.25, 0.3) is 5.57 Å². The Kier molecular flexibility index (Phi) is 17.2. The zero-order valence-electron chi connectivity index (χ0n) is 36.1. The van der Waals surface area contributed by atoms with Gasteiger partial charge in [-0.3, -0.25) is 19.2 Å². The van der Waals surface area contributed by atoms with Crippen LogP contribution in [0, 0.1) is 11.8 Å². The van der Waals surface area contributed by atoms with Crippen LogP contribution in [0.15, 0.2) is 36.4 Å². The molecule has 4 rings (SSSR count). The molecule has 0 saturated heterocycles. The molecule has 6 amide bonds. The molecule has 3 aliphatic rings. The summed E-state index contributed by atoms with van der Waals surface area (Å²) >= 11 is 6.55. The molecule has 0 radical (unpaired) electrons. The van der Waals surface area contributed by atoms with E-state index in [1.165, 1.54) is 9.80 Å². The van der Waals surface area contributed by atoms with E-state index in [9.17, 15) is 28.8 Å². The summed E-state index contributed by atoms with van der Waals surface area (Å²) in [6.07, 6.45) is 9.55. The molecule has 1 saturated carbocycles. The topological polar surface area (TPSA) is 167 Å². The van der Waals surface area contributed by atoms with Gasteiger partial charge in [0.1, 0.15) is 29.8 Å². The zero-order chi connectivity index (χ0) is 43.4. The summed E-state index contributed by atoms with van der Waals surface area (Å²) in [5.41, 5.74) is 1.87. The van der Waals surface area contributed by atoms with Gasteiger partial charge in [-0.1, -0.05) is 49.7 Å². The van der Waals surface area contributed by atoms with Gasteiger partial charge < -0.3 is 40.1 Å². The molecule has 1 aliphatic carbocycles. The fourth-order valence-electron chi connectivity index (χ4n) is 7.43. The van der Waals surface area contributed by atoms with E-state index >= 15 is 0 Å². The van der Waals surface area contributed by atoms with Crippen molar-refractivity contribution in [3.8, 4) is 0 Å². The Bertz CT molecular complexity index is 1740. The second-order valence-electron chi connectivity index (χ2n) is 17.2. The van der Waals surface area contributed by atoms with Gasteiger partial charge in [0.05, 0.1) is 6.61 Å². The first kappa shape index (κ1) is 47.1. The number of allylic oxidation sites excluding steroid dienone is 1. The molecule has 59 heavy (non-hydrogen) atoms. The molecule has 0 bridgehead atoms. The highest BCUT2D eigenvalue weighted by molar-refractivity contribution is 6.30. The smallest absolute Gasteiger partial charge is 0.410 e. The summed E-state index contributed by atoms with van der Waals surface area (Å²) in [6, 6.07) is 1.66. The zero-order valence-corrected chi connectivity index (χ0v) is 36.9. The lowest BCUT2D eigenvalue weighted by atomic mass is 9.91.